The Labute approximate surface area is 77.7 Å². The Balaban J connectivity index is 1.91. The second-order valence-electron chi connectivity index (χ2n) is 3.76. The fraction of sp³-hybridized carbons (Fsp3) is 0.364. The molecule has 0 saturated carbocycles. The highest BCUT2D eigenvalue weighted by Crippen LogP contribution is 2.29. The summed E-state index contributed by atoms with van der Waals surface area (Å²) in [5.41, 5.74) is 3.95. The third-order valence-electron chi connectivity index (χ3n) is 2.88. The van der Waals surface area contributed by atoms with Crippen LogP contribution in [-0.2, 0) is 6.42 Å². The zero-order chi connectivity index (χ0) is 8.67. The van der Waals surface area contributed by atoms with E-state index < -0.39 is 0 Å². The largest absolute Gasteiger partial charge is 0.315 e. The number of benzene rings is 1. The average molecular weight is 172 g/mol. The number of hydrogen-bond donors (Lipinski definition) is 1. The van der Waals surface area contributed by atoms with Crippen molar-refractivity contribution in [2.24, 2.45) is 10.9 Å². The highest BCUT2D eigenvalue weighted by molar-refractivity contribution is 5.96. The van der Waals surface area contributed by atoms with Crippen LogP contribution in [0.5, 0.6) is 0 Å². The maximum absolute atomic E-state index is 4.65. The van der Waals surface area contributed by atoms with Gasteiger partial charge in [-0.25, -0.2) is 0 Å². The standard InChI is InChI=1S/C11H12N2/c1-2-4-10-8(3-1)5-11(13-10)9-6-12-7-9/h1-4,9,12H,5-7H2. The Bertz CT molecular complexity index is 364. The van der Waals surface area contributed by atoms with E-state index >= 15 is 0 Å². The molecule has 0 bridgehead atoms. The summed E-state index contributed by atoms with van der Waals surface area (Å²) < 4.78 is 0. The normalized spacial score (nSPS) is 20.8. The van der Waals surface area contributed by atoms with Crippen LogP contribution in [0.4, 0.5) is 5.69 Å². The van der Waals surface area contributed by atoms with Crippen molar-refractivity contribution in [3.8, 4) is 0 Å². The van der Waals surface area contributed by atoms with Gasteiger partial charge >= 0.3 is 0 Å². The topological polar surface area (TPSA) is 24.4 Å². The van der Waals surface area contributed by atoms with E-state index in [1.165, 1.54) is 17.0 Å². The van der Waals surface area contributed by atoms with Crippen molar-refractivity contribution < 1.29 is 0 Å². The summed E-state index contributed by atoms with van der Waals surface area (Å²) in [6.45, 7) is 2.24. The highest BCUT2D eigenvalue weighted by Gasteiger charge is 2.26. The van der Waals surface area contributed by atoms with Crippen LogP contribution in [0.1, 0.15) is 5.56 Å². The van der Waals surface area contributed by atoms with Gasteiger partial charge in [-0.3, -0.25) is 4.99 Å². The molecule has 13 heavy (non-hydrogen) atoms. The Morgan fingerprint density at radius 1 is 1.23 bits per heavy atom. The van der Waals surface area contributed by atoms with Crippen molar-refractivity contribution in [1.29, 1.82) is 0 Å². The Morgan fingerprint density at radius 2 is 2.08 bits per heavy atom. The summed E-state index contributed by atoms with van der Waals surface area (Å²) in [4.78, 5) is 4.65. The Kier molecular flexibility index (Phi) is 1.49. The smallest absolute Gasteiger partial charge is 0.0665 e. The molecule has 1 aromatic carbocycles. The molecule has 0 aromatic heterocycles. The first kappa shape index (κ1) is 7.27. The van der Waals surface area contributed by atoms with Crippen molar-refractivity contribution in [3.63, 3.8) is 0 Å². The van der Waals surface area contributed by atoms with E-state index in [0.717, 1.165) is 19.5 Å². The van der Waals surface area contributed by atoms with Crippen LogP contribution in [0.2, 0.25) is 0 Å². The molecule has 1 N–H and O–H groups in total. The Morgan fingerprint density at radius 3 is 2.77 bits per heavy atom. The van der Waals surface area contributed by atoms with Gasteiger partial charge in [-0.15, -0.1) is 0 Å². The fourth-order valence-electron chi connectivity index (χ4n) is 1.92. The molecule has 0 aliphatic carbocycles. The van der Waals surface area contributed by atoms with Gasteiger partial charge in [0.15, 0.2) is 0 Å². The van der Waals surface area contributed by atoms with Gasteiger partial charge in [0.25, 0.3) is 0 Å². The molecule has 0 amide bonds. The summed E-state index contributed by atoms with van der Waals surface area (Å²) in [6, 6.07) is 8.44. The monoisotopic (exact) mass is 172 g/mol. The van der Waals surface area contributed by atoms with Crippen LogP contribution in [0, 0.1) is 5.92 Å². The molecule has 0 spiro atoms. The lowest BCUT2D eigenvalue weighted by molar-refractivity contribution is 0.441. The molecule has 2 nitrogen and oxygen atoms in total. The average Bonchev–Trinajstić information content (AvgIpc) is 2.43. The fourth-order valence-corrected chi connectivity index (χ4v) is 1.92. The van der Waals surface area contributed by atoms with Gasteiger partial charge < -0.3 is 5.32 Å². The number of nitrogens with one attached hydrogen (secondary N) is 1. The minimum atomic E-state index is 0.701. The van der Waals surface area contributed by atoms with Gasteiger partial charge in [-0.2, -0.15) is 0 Å². The lowest BCUT2D eigenvalue weighted by Gasteiger charge is -2.26. The van der Waals surface area contributed by atoms with Gasteiger partial charge in [0.2, 0.25) is 0 Å². The molecule has 0 unspecified atom stereocenters. The maximum Gasteiger partial charge on any atom is 0.0665 e. The molecule has 2 heterocycles. The lowest BCUT2D eigenvalue weighted by Crippen LogP contribution is -2.46. The number of nitrogens with zero attached hydrogens (tertiary/aromatic N) is 1. The number of para-hydroxylation sites is 1. The zero-order valence-electron chi connectivity index (χ0n) is 7.46. The molecule has 66 valence electrons. The summed E-state index contributed by atoms with van der Waals surface area (Å²) in [6.07, 6.45) is 1.07. The summed E-state index contributed by atoms with van der Waals surface area (Å²) in [5.74, 6) is 0.701. The molecule has 2 heteroatoms. The number of fused-ring (bicyclic) bond motifs is 1. The van der Waals surface area contributed by atoms with Crippen molar-refractivity contribution in [1.82, 2.24) is 5.32 Å². The SMILES string of the molecule is c1ccc2c(c1)CC(C1CNC1)=N2. The Hall–Kier alpha value is -1.15. The van der Waals surface area contributed by atoms with E-state index in [-0.39, 0.29) is 0 Å². The number of rotatable bonds is 1. The van der Waals surface area contributed by atoms with Crippen LogP contribution in [0.25, 0.3) is 0 Å². The highest BCUT2D eigenvalue weighted by atomic mass is 15.0. The predicted octanol–water partition coefficient (Wildman–Crippen LogP) is 1.53. The van der Waals surface area contributed by atoms with E-state index in [0.29, 0.717) is 5.92 Å². The molecule has 0 atom stereocenters. The second-order valence-corrected chi connectivity index (χ2v) is 3.76. The van der Waals surface area contributed by atoms with E-state index in [2.05, 4.69) is 34.6 Å². The van der Waals surface area contributed by atoms with Crippen molar-refractivity contribution in [3.05, 3.63) is 29.8 Å². The van der Waals surface area contributed by atoms with Crippen molar-refractivity contribution in [2.45, 2.75) is 6.42 Å². The molecule has 2 aliphatic heterocycles. The van der Waals surface area contributed by atoms with Gasteiger partial charge in [0.1, 0.15) is 0 Å². The van der Waals surface area contributed by atoms with Gasteiger partial charge in [0, 0.05) is 31.1 Å². The molecule has 1 aromatic rings. The molecule has 1 saturated heterocycles. The van der Waals surface area contributed by atoms with E-state index in [1.807, 2.05) is 0 Å². The predicted molar refractivity (Wildman–Crippen MR) is 53.6 cm³/mol. The second kappa shape index (κ2) is 2.67. The number of aliphatic imine (C=N–C) groups is 1. The maximum atomic E-state index is 4.65. The van der Waals surface area contributed by atoms with Crippen LogP contribution < -0.4 is 5.32 Å². The number of hydrogen-bond acceptors (Lipinski definition) is 2. The minimum Gasteiger partial charge on any atom is -0.315 e. The molecule has 0 radical (unpaired) electrons. The van der Waals surface area contributed by atoms with Crippen molar-refractivity contribution >= 4 is 11.4 Å². The minimum absolute atomic E-state index is 0.701. The summed E-state index contributed by atoms with van der Waals surface area (Å²) in [7, 11) is 0. The van der Waals surface area contributed by atoms with E-state index in [1.54, 1.807) is 0 Å². The molecular weight excluding hydrogens is 160 g/mol. The van der Waals surface area contributed by atoms with Crippen molar-refractivity contribution in [2.75, 3.05) is 13.1 Å². The first-order valence-electron chi connectivity index (χ1n) is 4.79. The zero-order valence-corrected chi connectivity index (χ0v) is 7.46. The van der Waals surface area contributed by atoms with Crippen LogP contribution in [0.3, 0.4) is 0 Å². The van der Waals surface area contributed by atoms with Gasteiger partial charge in [-0.05, 0) is 11.6 Å². The van der Waals surface area contributed by atoms with Gasteiger partial charge in [0.05, 0.1) is 5.69 Å². The quantitative estimate of drug-likeness (QED) is 0.682. The first-order chi connectivity index (χ1) is 6.43. The van der Waals surface area contributed by atoms with E-state index in [4.69, 9.17) is 0 Å². The molecule has 2 aliphatic rings. The van der Waals surface area contributed by atoms with Crippen LogP contribution >= 0.6 is 0 Å². The van der Waals surface area contributed by atoms with Crippen LogP contribution in [-0.4, -0.2) is 18.8 Å². The van der Waals surface area contributed by atoms with E-state index in [9.17, 15) is 0 Å². The first-order valence-corrected chi connectivity index (χ1v) is 4.79. The third kappa shape index (κ3) is 1.10. The molecule has 1 fully saturated rings. The van der Waals surface area contributed by atoms with Gasteiger partial charge in [-0.1, -0.05) is 18.2 Å². The summed E-state index contributed by atoms with van der Waals surface area (Å²) >= 11 is 0. The molecular formula is C11H12N2. The van der Waals surface area contributed by atoms with Crippen LogP contribution in [0.15, 0.2) is 29.3 Å². The third-order valence-corrected chi connectivity index (χ3v) is 2.88. The molecule has 3 rings (SSSR count). The lowest BCUT2D eigenvalue weighted by atomic mass is 9.94. The summed E-state index contributed by atoms with van der Waals surface area (Å²) in [5, 5.41) is 3.28.